The minimum Gasteiger partial charge on any atom is -0.493 e. The molecule has 0 unspecified atom stereocenters. The number of alkyl halides is 3. The number of aryl methyl sites for hydroxylation is 1. The first kappa shape index (κ1) is 16.8. The van der Waals surface area contributed by atoms with Crippen molar-refractivity contribution in [3.05, 3.63) is 22.8 Å². The number of sulfonamides is 1. The van der Waals surface area contributed by atoms with E-state index >= 15 is 0 Å². The maximum Gasteiger partial charge on any atom is 0.392 e. The summed E-state index contributed by atoms with van der Waals surface area (Å²) in [5.74, 6) is 0.263. The van der Waals surface area contributed by atoms with Crippen LogP contribution in [0.5, 0.6) is 5.75 Å². The minimum absolute atomic E-state index is 0.0457. The molecule has 20 heavy (non-hydrogen) atoms. The zero-order chi connectivity index (χ0) is 15.7. The Morgan fingerprint density at radius 1 is 1.20 bits per heavy atom. The van der Waals surface area contributed by atoms with Crippen molar-refractivity contribution in [2.24, 2.45) is 5.14 Å². The molecule has 2 N–H and O–H groups in total. The number of hydrogen-bond acceptors (Lipinski definition) is 3. The molecule has 0 aliphatic heterocycles. The van der Waals surface area contributed by atoms with Crippen LogP contribution in [0.1, 0.15) is 23.1 Å². The second kappa shape index (κ2) is 5.61. The van der Waals surface area contributed by atoms with Crippen LogP contribution in [0.4, 0.5) is 13.2 Å². The molecule has 0 bridgehead atoms. The molecule has 114 valence electrons. The molecule has 0 heterocycles. The van der Waals surface area contributed by atoms with Gasteiger partial charge in [-0.25, -0.2) is 13.6 Å². The lowest BCUT2D eigenvalue weighted by Gasteiger charge is -2.17. The summed E-state index contributed by atoms with van der Waals surface area (Å²) in [5, 5.41) is 5.09. The maximum absolute atomic E-state index is 12.1. The van der Waals surface area contributed by atoms with Gasteiger partial charge in [0.1, 0.15) is 5.75 Å². The molecule has 0 atom stereocenters. The van der Waals surface area contributed by atoms with Crippen molar-refractivity contribution in [2.75, 3.05) is 6.61 Å². The molecule has 0 aliphatic rings. The summed E-state index contributed by atoms with van der Waals surface area (Å²) in [7, 11) is -3.87. The Morgan fingerprint density at radius 2 is 1.75 bits per heavy atom. The Morgan fingerprint density at radius 3 is 2.20 bits per heavy atom. The van der Waals surface area contributed by atoms with Gasteiger partial charge in [0.15, 0.2) is 0 Å². The molecular formula is C12H16F3NO3S. The predicted octanol–water partition coefficient (Wildman–Crippen LogP) is 2.59. The molecule has 1 rings (SSSR count). The number of primary sulfonamides is 1. The highest BCUT2D eigenvalue weighted by molar-refractivity contribution is 7.89. The van der Waals surface area contributed by atoms with E-state index in [4.69, 9.17) is 9.88 Å². The van der Waals surface area contributed by atoms with Crippen molar-refractivity contribution in [2.45, 2.75) is 38.3 Å². The Hall–Kier alpha value is -1.28. The van der Waals surface area contributed by atoms with Gasteiger partial charge in [0.25, 0.3) is 0 Å². The number of halogens is 3. The molecule has 0 amide bonds. The largest absolute Gasteiger partial charge is 0.493 e. The van der Waals surface area contributed by atoms with E-state index in [1.165, 1.54) is 13.0 Å². The second-order valence-electron chi connectivity index (χ2n) is 4.53. The third kappa shape index (κ3) is 4.11. The molecule has 0 saturated carbocycles. The van der Waals surface area contributed by atoms with Gasteiger partial charge in [0.05, 0.1) is 17.9 Å². The molecule has 8 heteroatoms. The first-order valence-electron chi connectivity index (χ1n) is 5.76. The zero-order valence-electron chi connectivity index (χ0n) is 11.3. The summed E-state index contributed by atoms with van der Waals surface area (Å²) in [6.45, 7) is 4.16. The van der Waals surface area contributed by atoms with E-state index in [1.54, 1.807) is 13.8 Å². The van der Waals surface area contributed by atoms with Crippen molar-refractivity contribution in [3.8, 4) is 5.75 Å². The van der Waals surface area contributed by atoms with Gasteiger partial charge in [0, 0.05) is 0 Å². The van der Waals surface area contributed by atoms with E-state index in [0.29, 0.717) is 16.7 Å². The molecule has 0 saturated heterocycles. The fourth-order valence-electron chi connectivity index (χ4n) is 1.81. The summed E-state index contributed by atoms with van der Waals surface area (Å²) in [5.41, 5.74) is 1.27. The Kier molecular flexibility index (Phi) is 4.70. The summed E-state index contributed by atoms with van der Waals surface area (Å²) in [6.07, 6.45) is -5.36. The number of benzene rings is 1. The molecule has 4 nitrogen and oxygen atoms in total. The van der Waals surface area contributed by atoms with Gasteiger partial charge in [-0.05, 0) is 43.5 Å². The third-order valence-corrected chi connectivity index (χ3v) is 3.95. The van der Waals surface area contributed by atoms with Gasteiger partial charge < -0.3 is 4.74 Å². The minimum atomic E-state index is -4.29. The maximum atomic E-state index is 12.1. The zero-order valence-corrected chi connectivity index (χ0v) is 12.2. The van der Waals surface area contributed by atoms with Crippen molar-refractivity contribution in [3.63, 3.8) is 0 Å². The average molecular weight is 311 g/mol. The first-order valence-corrected chi connectivity index (χ1v) is 7.31. The van der Waals surface area contributed by atoms with Crippen LogP contribution in [0.15, 0.2) is 11.0 Å². The second-order valence-corrected chi connectivity index (χ2v) is 6.06. The van der Waals surface area contributed by atoms with Crippen LogP contribution in [-0.4, -0.2) is 21.2 Å². The van der Waals surface area contributed by atoms with Crippen LogP contribution in [0, 0.1) is 20.8 Å². The van der Waals surface area contributed by atoms with Gasteiger partial charge in [-0.3, -0.25) is 0 Å². The van der Waals surface area contributed by atoms with Crippen LogP contribution in [-0.2, 0) is 10.0 Å². The van der Waals surface area contributed by atoms with E-state index in [2.05, 4.69) is 0 Å². The van der Waals surface area contributed by atoms with Crippen molar-refractivity contribution >= 4 is 10.0 Å². The van der Waals surface area contributed by atoms with Crippen LogP contribution in [0.2, 0.25) is 0 Å². The number of nitrogens with two attached hydrogens (primary N) is 1. The highest BCUT2D eigenvalue weighted by Crippen LogP contribution is 2.31. The quantitative estimate of drug-likeness (QED) is 0.929. The highest BCUT2D eigenvalue weighted by atomic mass is 32.2. The molecule has 0 spiro atoms. The van der Waals surface area contributed by atoms with Crippen LogP contribution in [0.3, 0.4) is 0 Å². The summed E-state index contributed by atoms with van der Waals surface area (Å²) in [6, 6.07) is 1.31. The average Bonchev–Trinajstić information content (AvgIpc) is 2.25. The molecule has 0 aromatic heterocycles. The van der Waals surface area contributed by atoms with E-state index in [0.717, 1.165) is 0 Å². The summed E-state index contributed by atoms with van der Waals surface area (Å²) < 4.78 is 64.2. The lowest BCUT2D eigenvalue weighted by molar-refractivity contribution is -0.139. The molecule has 1 aromatic rings. The van der Waals surface area contributed by atoms with E-state index in [-0.39, 0.29) is 10.6 Å². The van der Waals surface area contributed by atoms with Gasteiger partial charge in [-0.15, -0.1) is 0 Å². The van der Waals surface area contributed by atoms with Crippen molar-refractivity contribution in [1.29, 1.82) is 0 Å². The lowest BCUT2D eigenvalue weighted by Crippen LogP contribution is -2.16. The lowest BCUT2D eigenvalue weighted by atomic mass is 10.1. The van der Waals surface area contributed by atoms with E-state index in [1.807, 2.05) is 0 Å². The number of ether oxygens (including phenoxy) is 1. The Balaban J connectivity index is 3.09. The van der Waals surface area contributed by atoms with Crippen LogP contribution < -0.4 is 9.88 Å². The van der Waals surface area contributed by atoms with Gasteiger partial charge >= 0.3 is 6.18 Å². The smallest absolute Gasteiger partial charge is 0.392 e. The topological polar surface area (TPSA) is 69.4 Å². The Labute approximate surface area is 115 Å². The fraction of sp³-hybridized carbons (Fsp3) is 0.500. The van der Waals surface area contributed by atoms with Crippen molar-refractivity contribution in [1.82, 2.24) is 0 Å². The highest BCUT2D eigenvalue weighted by Gasteiger charge is 2.27. The van der Waals surface area contributed by atoms with Gasteiger partial charge in [0.2, 0.25) is 10.0 Å². The van der Waals surface area contributed by atoms with Gasteiger partial charge in [-0.2, -0.15) is 13.2 Å². The number of rotatable bonds is 4. The summed E-state index contributed by atoms with van der Waals surface area (Å²) >= 11 is 0. The predicted molar refractivity (Wildman–Crippen MR) is 68.2 cm³/mol. The standard InChI is InChI=1S/C12H16F3NO3S/c1-7-6-10(20(16,17)18)8(2)9(3)11(7)19-5-4-12(13,14)15/h6H,4-5H2,1-3H3,(H2,16,17,18). The van der Waals surface area contributed by atoms with Crippen LogP contribution in [0.25, 0.3) is 0 Å². The Bertz CT molecular complexity index is 609. The van der Waals surface area contributed by atoms with E-state index in [9.17, 15) is 21.6 Å². The fourth-order valence-corrected chi connectivity index (χ4v) is 2.73. The normalized spacial score (nSPS) is 12.6. The molecule has 1 aromatic carbocycles. The molecule has 0 aliphatic carbocycles. The van der Waals surface area contributed by atoms with Gasteiger partial charge in [-0.1, -0.05) is 0 Å². The van der Waals surface area contributed by atoms with E-state index < -0.39 is 29.2 Å². The third-order valence-electron chi connectivity index (χ3n) is 2.92. The van der Waals surface area contributed by atoms with Crippen molar-refractivity contribution < 1.29 is 26.3 Å². The molecular weight excluding hydrogens is 295 g/mol. The number of hydrogen-bond donors (Lipinski definition) is 1. The SMILES string of the molecule is Cc1cc(S(N)(=O)=O)c(C)c(C)c1OCCC(F)(F)F. The monoisotopic (exact) mass is 311 g/mol. The first-order chi connectivity index (χ1) is 8.93. The molecule has 0 radical (unpaired) electrons. The molecule has 0 fully saturated rings. The summed E-state index contributed by atoms with van der Waals surface area (Å²) in [4.78, 5) is -0.0457. The van der Waals surface area contributed by atoms with Crippen LogP contribution >= 0.6 is 0 Å².